The lowest BCUT2D eigenvalue weighted by molar-refractivity contribution is -0.145. The van der Waals surface area contributed by atoms with Gasteiger partial charge < -0.3 is 9.72 Å². The van der Waals surface area contributed by atoms with Crippen LogP contribution in [0.4, 0.5) is 0 Å². The summed E-state index contributed by atoms with van der Waals surface area (Å²) in [7, 11) is -4.01. The van der Waals surface area contributed by atoms with Gasteiger partial charge in [0, 0.05) is 16.3 Å². The number of H-pyrrole nitrogens is 1. The minimum atomic E-state index is -4.01. The van der Waals surface area contributed by atoms with E-state index in [4.69, 9.17) is 16.3 Å². The maximum Gasteiger partial charge on any atom is 0.324 e. The number of benzene rings is 1. The third-order valence-electron chi connectivity index (χ3n) is 4.74. The Balaban J connectivity index is 2.13. The van der Waals surface area contributed by atoms with Crippen LogP contribution in [0.2, 0.25) is 5.02 Å². The van der Waals surface area contributed by atoms with Gasteiger partial charge in [0.2, 0.25) is 15.8 Å². The lowest BCUT2D eigenvalue weighted by Gasteiger charge is -2.20. The average Bonchev–Trinajstić information content (AvgIpc) is 2.98. The van der Waals surface area contributed by atoms with Crippen molar-refractivity contribution in [2.24, 2.45) is 5.92 Å². The van der Waals surface area contributed by atoms with Crippen molar-refractivity contribution in [2.75, 3.05) is 6.61 Å². The molecule has 0 saturated carbocycles. The Hall–Kier alpha value is -2.49. The highest BCUT2D eigenvalue weighted by Gasteiger charge is 2.30. The van der Waals surface area contributed by atoms with E-state index in [0.717, 1.165) is 0 Å². The maximum atomic E-state index is 12.6. The van der Waals surface area contributed by atoms with Gasteiger partial charge in [-0.2, -0.15) is 4.72 Å². The molecule has 168 valence electrons. The van der Waals surface area contributed by atoms with Crippen molar-refractivity contribution < 1.29 is 27.5 Å². The molecule has 1 aromatic heterocycles. The van der Waals surface area contributed by atoms with E-state index in [1.165, 1.54) is 31.2 Å². The molecular formula is C21H25ClN2O6S. The molecule has 0 radical (unpaired) electrons. The molecule has 1 aromatic carbocycles. The van der Waals surface area contributed by atoms with Crippen molar-refractivity contribution in [3.63, 3.8) is 0 Å². The predicted molar refractivity (Wildman–Crippen MR) is 116 cm³/mol. The molecular weight excluding hydrogens is 444 g/mol. The largest absolute Gasteiger partial charge is 0.456 e. The Labute approximate surface area is 186 Å². The Morgan fingerprint density at radius 3 is 2.19 bits per heavy atom. The topological polar surface area (TPSA) is 122 Å². The van der Waals surface area contributed by atoms with Crippen molar-refractivity contribution >= 4 is 39.2 Å². The van der Waals surface area contributed by atoms with E-state index in [-0.39, 0.29) is 16.4 Å². The summed E-state index contributed by atoms with van der Waals surface area (Å²) in [5.41, 5.74) is 1.63. The smallest absolute Gasteiger partial charge is 0.324 e. The molecule has 2 aromatic rings. The SMILES string of the molecule is CC(=O)c1c(C)[nH]c(C(=O)COC(=O)C(NS(=O)(=O)c2ccc(Cl)cc2)C(C)C)c1C. The third kappa shape index (κ3) is 5.81. The fourth-order valence-corrected chi connectivity index (χ4v) is 4.62. The van der Waals surface area contributed by atoms with Crippen LogP contribution in [0.25, 0.3) is 0 Å². The van der Waals surface area contributed by atoms with Gasteiger partial charge in [0.15, 0.2) is 12.4 Å². The normalized spacial score (nSPS) is 12.6. The van der Waals surface area contributed by atoms with Crippen LogP contribution >= 0.6 is 11.6 Å². The fourth-order valence-electron chi connectivity index (χ4n) is 3.16. The molecule has 0 aliphatic carbocycles. The van der Waals surface area contributed by atoms with E-state index >= 15 is 0 Å². The third-order valence-corrected chi connectivity index (χ3v) is 6.45. The number of ketones is 2. The zero-order chi connectivity index (χ0) is 23.5. The average molecular weight is 469 g/mol. The van der Waals surface area contributed by atoms with Crippen molar-refractivity contribution in [2.45, 2.75) is 45.6 Å². The summed E-state index contributed by atoms with van der Waals surface area (Å²) < 4.78 is 32.6. The van der Waals surface area contributed by atoms with Crippen molar-refractivity contribution in [3.8, 4) is 0 Å². The first kappa shape index (κ1) is 24.8. The number of sulfonamides is 1. The summed E-state index contributed by atoms with van der Waals surface area (Å²) in [4.78, 5) is 39.6. The molecule has 0 amide bonds. The zero-order valence-corrected chi connectivity index (χ0v) is 19.5. The number of aryl methyl sites for hydroxylation is 1. The maximum absolute atomic E-state index is 12.6. The van der Waals surface area contributed by atoms with Crippen molar-refractivity contribution in [3.05, 3.63) is 51.8 Å². The first-order valence-electron chi connectivity index (χ1n) is 9.53. The number of rotatable bonds is 9. The highest BCUT2D eigenvalue weighted by atomic mass is 35.5. The van der Waals surface area contributed by atoms with Gasteiger partial charge in [-0.1, -0.05) is 25.4 Å². The number of hydrogen-bond donors (Lipinski definition) is 2. The molecule has 2 rings (SSSR count). The van der Waals surface area contributed by atoms with Gasteiger partial charge in [-0.25, -0.2) is 8.42 Å². The summed E-state index contributed by atoms with van der Waals surface area (Å²) in [5, 5.41) is 0.375. The van der Waals surface area contributed by atoms with Crippen LogP contribution in [0.1, 0.15) is 52.9 Å². The molecule has 0 aliphatic rings. The number of aromatic nitrogens is 1. The molecule has 0 fully saturated rings. The highest BCUT2D eigenvalue weighted by molar-refractivity contribution is 7.89. The number of hydrogen-bond acceptors (Lipinski definition) is 6. The van der Waals surface area contributed by atoms with Gasteiger partial charge in [0.1, 0.15) is 6.04 Å². The number of carbonyl (C=O) groups excluding carboxylic acids is 3. The van der Waals surface area contributed by atoms with Gasteiger partial charge in [-0.05, 0) is 56.5 Å². The first-order chi connectivity index (χ1) is 14.3. The molecule has 1 atom stereocenters. The number of esters is 1. The zero-order valence-electron chi connectivity index (χ0n) is 17.9. The lowest BCUT2D eigenvalue weighted by Crippen LogP contribution is -2.45. The number of aromatic amines is 1. The first-order valence-corrected chi connectivity index (χ1v) is 11.4. The van der Waals surface area contributed by atoms with Crippen LogP contribution in [-0.2, 0) is 19.6 Å². The van der Waals surface area contributed by atoms with E-state index in [0.29, 0.717) is 21.8 Å². The lowest BCUT2D eigenvalue weighted by atomic mass is 10.1. The summed E-state index contributed by atoms with van der Waals surface area (Å²) in [5.74, 6) is -2.03. The Morgan fingerprint density at radius 1 is 1.13 bits per heavy atom. The van der Waals surface area contributed by atoms with Crippen LogP contribution in [0.15, 0.2) is 29.2 Å². The van der Waals surface area contributed by atoms with Crippen LogP contribution in [0.3, 0.4) is 0 Å². The van der Waals surface area contributed by atoms with E-state index in [9.17, 15) is 22.8 Å². The van der Waals surface area contributed by atoms with E-state index < -0.39 is 40.3 Å². The van der Waals surface area contributed by atoms with Gasteiger partial charge >= 0.3 is 5.97 Å². The molecule has 0 bridgehead atoms. The molecule has 2 N–H and O–H groups in total. The molecule has 0 saturated heterocycles. The minimum Gasteiger partial charge on any atom is -0.456 e. The number of carbonyl (C=O) groups is 3. The predicted octanol–water partition coefficient (Wildman–Crippen LogP) is 3.22. The van der Waals surface area contributed by atoms with Crippen molar-refractivity contribution in [1.29, 1.82) is 0 Å². The molecule has 8 nitrogen and oxygen atoms in total. The van der Waals surface area contributed by atoms with E-state index in [1.54, 1.807) is 27.7 Å². The standard InChI is InChI=1S/C21H25ClN2O6S/c1-11(2)19(24-31(28,29)16-8-6-15(22)7-9-16)21(27)30-10-17(26)20-12(3)18(14(5)25)13(4)23-20/h6-9,11,19,23-24H,10H2,1-5H3. The van der Waals surface area contributed by atoms with Crippen LogP contribution in [0, 0.1) is 19.8 Å². The van der Waals surface area contributed by atoms with Crippen molar-refractivity contribution in [1.82, 2.24) is 9.71 Å². The van der Waals surface area contributed by atoms with Gasteiger partial charge in [-0.3, -0.25) is 14.4 Å². The highest BCUT2D eigenvalue weighted by Crippen LogP contribution is 2.20. The van der Waals surface area contributed by atoms with Crippen LogP contribution < -0.4 is 4.72 Å². The molecule has 1 heterocycles. The van der Waals surface area contributed by atoms with Gasteiger partial charge in [-0.15, -0.1) is 0 Å². The quantitative estimate of drug-likeness (QED) is 0.430. The minimum absolute atomic E-state index is 0.0549. The fraction of sp³-hybridized carbons (Fsp3) is 0.381. The van der Waals surface area contributed by atoms with E-state index in [1.807, 2.05) is 0 Å². The molecule has 0 spiro atoms. The Bertz CT molecular complexity index is 1100. The summed E-state index contributed by atoms with van der Waals surface area (Å²) in [6.07, 6.45) is 0. The summed E-state index contributed by atoms with van der Waals surface area (Å²) >= 11 is 5.79. The second kappa shape index (κ2) is 9.76. The Morgan fingerprint density at radius 2 is 1.71 bits per heavy atom. The molecule has 31 heavy (non-hydrogen) atoms. The number of ether oxygens (including phenoxy) is 1. The van der Waals surface area contributed by atoms with Crippen LogP contribution in [-0.4, -0.2) is 43.6 Å². The van der Waals surface area contributed by atoms with E-state index in [2.05, 4.69) is 9.71 Å². The number of nitrogens with one attached hydrogen (secondary N) is 2. The van der Waals surface area contributed by atoms with Gasteiger partial charge in [0.25, 0.3) is 0 Å². The monoisotopic (exact) mass is 468 g/mol. The molecule has 1 unspecified atom stereocenters. The second-order valence-electron chi connectivity index (χ2n) is 7.51. The summed E-state index contributed by atoms with van der Waals surface area (Å²) in [6, 6.07) is 4.29. The molecule has 0 aliphatic heterocycles. The number of halogens is 1. The summed E-state index contributed by atoms with van der Waals surface area (Å²) in [6.45, 7) is 7.41. The molecule has 10 heteroatoms. The van der Waals surface area contributed by atoms with Gasteiger partial charge in [0.05, 0.1) is 10.6 Å². The second-order valence-corrected chi connectivity index (χ2v) is 9.66. The van der Waals surface area contributed by atoms with Crippen LogP contribution in [0.5, 0.6) is 0 Å². The Kier molecular flexibility index (Phi) is 7.80. The number of Topliss-reactive ketones (excluding diaryl/α,β-unsaturated/α-hetero) is 2.